The van der Waals surface area contributed by atoms with Crippen molar-refractivity contribution in [2.75, 3.05) is 11.1 Å². The van der Waals surface area contributed by atoms with Gasteiger partial charge in [0.25, 0.3) is 5.91 Å². The zero-order valence-electron chi connectivity index (χ0n) is 15.4. The summed E-state index contributed by atoms with van der Waals surface area (Å²) in [6.45, 7) is 3.47. The molecule has 1 aromatic heterocycles. The average molecular weight is 400 g/mol. The molecular weight excluding hydrogens is 381 g/mol. The van der Waals surface area contributed by atoms with Crippen LogP contribution in [0.3, 0.4) is 0 Å². The van der Waals surface area contributed by atoms with Gasteiger partial charge in [0.1, 0.15) is 11.9 Å². The molecule has 3 N–H and O–H groups in total. The summed E-state index contributed by atoms with van der Waals surface area (Å²) in [5.41, 5.74) is 8.04. The van der Waals surface area contributed by atoms with Gasteiger partial charge in [-0.3, -0.25) is 4.79 Å². The van der Waals surface area contributed by atoms with Crippen LogP contribution in [0.25, 0.3) is 0 Å². The second-order valence-electron chi connectivity index (χ2n) is 6.34. The maximum absolute atomic E-state index is 13.4. The molecule has 5 nitrogen and oxygen atoms in total. The van der Waals surface area contributed by atoms with Crippen LogP contribution in [-0.2, 0) is 0 Å². The van der Waals surface area contributed by atoms with Crippen LogP contribution in [0.15, 0.2) is 54.7 Å². The summed E-state index contributed by atoms with van der Waals surface area (Å²) >= 11 is 5.94. The summed E-state index contributed by atoms with van der Waals surface area (Å²) in [6, 6.07) is 13.1. The minimum Gasteiger partial charge on any atom is -0.482 e. The van der Waals surface area contributed by atoms with Crippen LogP contribution in [0, 0.1) is 12.7 Å². The first-order valence-corrected chi connectivity index (χ1v) is 8.96. The van der Waals surface area contributed by atoms with Crippen LogP contribution < -0.4 is 15.8 Å². The number of ether oxygens (including phenoxy) is 1. The molecule has 0 aliphatic carbocycles. The normalized spacial score (nSPS) is 11.7. The summed E-state index contributed by atoms with van der Waals surface area (Å²) in [5, 5.41) is 3.23. The number of hydrogen-bond donors (Lipinski definition) is 2. The van der Waals surface area contributed by atoms with Gasteiger partial charge in [0.15, 0.2) is 11.6 Å². The number of benzene rings is 2. The Morgan fingerprint density at radius 2 is 2.04 bits per heavy atom. The summed E-state index contributed by atoms with van der Waals surface area (Å²) in [4.78, 5) is 16.4. The number of nitrogens with two attached hydrogens (primary N) is 1. The molecule has 1 atom stereocenters. The van der Waals surface area contributed by atoms with Gasteiger partial charge in [-0.2, -0.15) is 0 Å². The lowest BCUT2D eigenvalue weighted by Crippen LogP contribution is -2.13. The number of carbonyl (C=O) groups excluding carboxylic acids is 1. The van der Waals surface area contributed by atoms with Crippen molar-refractivity contribution in [1.82, 2.24) is 4.98 Å². The van der Waals surface area contributed by atoms with E-state index in [9.17, 15) is 9.18 Å². The minimum atomic E-state index is -0.354. The zero-order valence-corrected chi connectivity index (χ0v) is 16.1. The van der Waals surface area contributed by atoms with Crippen LogP contribution in [0.1, 0.15) is 34.5 Å². The van der Waals surface area contributed by atoms with Gasteiger partial charge in [0, 0.05) is 23.5 Å². The van der Waals surface area contributed by atoms with E-state index in [0.29, 0.717) is 27.6 Å². The van der Waals surface area contributed by atoms with E-state index in [0.717, 1.165) is 5.56 Å². The van der Waals surface area contributed by atoms with E-state index in [2.05, 4.69) is 10.3 Å². The second-order valence-corrected chi connectivity index (χ2v) is 6.78. The number of anilines is 2. The molecule has 0 aliphatic rings. The fourth-order valence-electron chi connectivity index (χ4n) is 2.64. The largest absolute Gasteiger partial charge is 0.482 e. The van der Waals surface area contributed by atoms with Crippen LogP contribution >= 0.6 is 11.6 Å². The van der Waals surface area contributed by atoms with Gasteiger partial charge in [0.05, 0.1) is 5.02 Å². The first kappa shape index (κ1) is 19.6. The molecule has 7 heteroatoms. The molecule has 1 amide bonds. The summed E-state index contributed by atoms with van der Waals surface area (Å²) in [5.74, 6) is -0.0416. The lowest BCUT2D eigenvalue weighted by Gasteiger charge is -2.17. The molecule has 0 bridgehead atoms. The number of nitrogen functional groups attached to an aromatic ring is 1. The van der Waals surface area contributed by atoms with Gasteiger partial charge in [-0.25, -0.2) is 9.37 Å². The van der Waals surface area contributed by atoms with Gasteiger partial charge in [-0.15, -0.1) is 0 Å². The summed E-state index contributed by atoms with van der Waals surface area (Å²) in [7, 11) is 0. The average Bonchev–Trinajstić information content (AvgIpc) is 2.67. The number of hydrogen-bond acceptors (Lipinski definition) is 4. The molecule has 28 heavy (non-hydrogen) atoms. The Balaban J connectivity index is 1.75. The molecule has 0 saturated carbocycles. The van der Waals surface area contributed by atoms with E-state index in [1.54, 1.807) is 31.2 Å². The van der Waals surface area contributed by atoms with E-state index in [4.69, 9.17) is 22.1 Å². The number of nitrogens with zero attached hydrogens (tertiary/aromatic N) is 1. The fourth-order valence-corrected chi connectivity index (χ4v) is 2.79. The summed E-state index contributed by atoms with van der Waals surface area (Å²) < 4.78 is 19.3. The van der Waals surface area contributed by atoms with Crippen molar-refractivity contribution < 1.29 is 13.9 Å². The number of rotatable bonds is 5. The number of amides is 1. The van der Waals surface area contributed by atoms with Crippen molar-refractivity contribution >= 4 is 29.0 Å². The Kier molecular flexibility index (Phi) is 5.80. The van der Waals surface area contributed by atoms with Crippen molar-refractivity contribution in [1.29, 1.82) is 0 Å². The van der Waals surface area contributed by atoms with E-state index < -0.39 is 0 Å². The van der Waals surface area contributed by atoms with Gasteiger partial charge in [0.2, 0.25) is 0 Å². The molecule has 3 rings (SSSR count). The molecular formula is C21H19ClFN3O2. The van der Waals surface area contributed by atoms with Crippen molar-refractivity contribution in [2.45, 2.75) is 20.0 Å². The van der Waals surface area contributed by atoms with Crippen molar-refractivity contribution in [2.24, 2.45) is 0 Å². The van der Waals surface area contributed by atoms with Gasteiger partial charge >= 0.3 is 0 Å². The van der Waals surface area contributed by atoms with E-state index in [1.807, 2.05) is 13.0 Å². The molecule has 1 unspecified atom stereocenters. The highest BCUT2D eigenvalue weighted by Gasteiger charge is 2.13. The Bertz CT molecular complexity index is 1030. The fraction of sp³-hybridized carbons (Fsp3) is 0.143. The Hall–Kier alpha value is -3.12. The second kappa shape index (κ2) is 8.27. The molecule has 0 saturated heterocycles. The zero-order chi connectivity index (χ0) is 20.3. The quantitative estimate of drug-likeness (QED) is 0.621. The number of pyridine rings is 1. The third-order valence-electron chi connectivity index (χ3n) is 4.19. The first-order chi connectivity index (χ1) is 13.3. The Morgan fingerprint density at radius 3 is 2.79 bits per heavy atom. The van der Waals surface area contributed by atoms with Crippen molar-refractivity contribution in [3.8, 4) is 5.75 Å². The van der Waals surface area contributed by atoms with Crippen LogP contribution in [0.2, 0.25) is 5.02 Å². The highest BCUT2D eigenvalue weighted by atomic mass is 35.5. The molecule has 0 fully saturated rings. The molecule has 3 aromatic rings. The predicted molar refractivity (Wildman–Crippen MR) is 108 cm³/mol. The maximum atomic E-state index is 13.4. The van der Waals surface area contributed by atoms with E-state index in [1.165, 1.54) is 24.4 Å². The van der Waals surface area contributed by atoms with E-state index >= 15 is 0 Å². The molecule has 2 aromatic carbocycles. The Morgan fingerprint density at radius 1 is 1.25 bits per heavy atom. The monoisotopic (exact) mass is 399 g/mol. The number of aromatic nitrogens is 1. The van der Waals surface area contributed by atoms with Crippen molar-refractivity contribution in [3.05, 3.63) is 82.3 Å². The Labute approximate surface area is 167 Å². The molecule has 0 radical (unpaired) electrons. The highest BCUT2D eigenvalue weighted by Crippen LogP contribution is 2.29. The number of carbonyl (C=O) groups is 1. The lowest BCUT2D eigenvalue weighted by molar-refractivity contribution is 0.102. The topological polar surface area (TPSA) is 77.2 Å². The molecule has 1 heterocycles. The minimum absolute atomic E-state index is 0.243. The number of halogens is 2. The molecule has 0 spiro atoms. The SMILES string of the molecule is Cc1cc(C(=O)Nc2cccc(C(C)Oc3cc(Cl)cnc3N)c2)ccc1F. The standard InChI is InChI=1S/C21H19ClFN3O2/c1-12-8-15(6-7-18(12)23)21(27)26-17-5-3-4-14(9-17)13(2)28-19-10-16(22)11-25-20(19)24/h3-11,13H,1-2H3,(H2,24,25)(H,26,27). The van der Waals surface area contributed by atoms with Gasteiger partial charge < -0.3 is 15.8 Å². The van der Waals surface area contributed by atoms with E-state index in [-0.39, 0.29) is 23.6 Å². The first-order valence-electron chi connectivity index (χ1n) is 8.58. The summed E-state index contributed by atoms with van der Waals surface area (Å²) in [6.07, 6.45) is 1.09. The van der Waals surface area contributed by atoms with Gasteiger partial charge in [-0.05, 0) is 55.3 Å². The number of aryl methyl sites for hydroxylation is 1. The smallest absolute Gasteiger partial charge is 0.255 e. The maximum Gasteiger partial charge on any atom is 0.255 e. The number of nitrogens with one attached hydrogen (secondary N) is 1. The van der Waals surface area contributed by atoms with Crippen LogP contribution in [0.4, 0.5) is 15.9 Å². The third kappa shape index (κ3) is 4.58. The van der Waals surface area contributed by atoms with Crippen LogP contribution in [0.5, 0.6) is 5.75 Å². The molecule has 0 aliphatic heterocycles. The third-order valence-corrected chi connectivity index (χ3v) is 4.39. The highest BCUT2D eigenvalue weighted by molar-refractivity contribution is 6.30. The van der Waals surface area contributed by atoms with Crippen LogP contribution in [-0.4, -0.2) is 10.9 Å². The molecule has 144 valence electrons. The predicted octanol–water partition coefficient (Wildman–Crippen LogP) is 5.16. The van der Waals surface area contributed by atoms with Crippen molar-refractivity contribution in [3.63, 3.8) is 0 Å². The van der Waals surface area contributed by atoms with Gasteiger partial charge in [-0.1, -0.05) is 23.7 Å². The lowest BCUT2D eigenvalue weighted by atomic mass is 10.1.